The molecule has 0 aliphatic carbocycles. The van der Waals surface area contributed by atoms with Crippen molar-refractivity contribution in [2.24, 2.45) is 5.73 Å². The van der Waals surface area contributed by atoms with Crippen LogP contribution in [0.2, 0.25) is 0 Å². The molecular formula is C10H17N3O2. The van der Waals surface area contributed by atoms with E-state index in [1.165, 1.54) is 0 Å². The van der Waals surface area contributed by atoms with Crippen LogP contribution < -0.4 is 5.73 Å². The van der Waals surface area contributed by atoms with Crippen molar-refractivity contribution in [2.75, 3.05) is 0 Å². The van der Waals surface area contributed by atoms with Crippen LogP contribution in [0.3, 0.4) is 0 Å². The highest BCUT2D eigenvalue weighted by Gasteiger charge is 2.14. The minimum Gasteiger partial charge on any atom is -0.480 e. The fourth-order valence-corrected chi connectivity index (χ4v) is 1.36. The lowest BCUT2D eigenvalue weighted by Gasteiger charge is -2.09. The van der Waals surface area contributed by atoms with Crippen molar-refractivity contribution in [1.82, 2.24) is 9.55 Å². The first kappa shape index (κ1) is 11.7. The molecule has 3 N–H and O–H groups in total. The van der Waals surface area contributed by atoms with Crippen molar-refractivity contribution in [3.05, 3.63) is 18.2 Å². The number of unbranched alkanes of at least 4 members (excludes halogenated alkanes) is 1. The minimum atomic E-state index is -0.974. The molecule has 15 heavy (non-hydrogen) atoms. The summed E-state index contributed by atoms with van der Waals surface area (Å²) < 4.78 is 1.96. The van der Waals surface area contributed by atoms with Gasteiger partial charge in [-0.3, -0.25) is 4.79 Å². The molecule has 0 aromatic carbocycles. The Labute approximate surface area is 88.9 Å². The standard InChI is InChI=1S/C10H17N3O2/c1-2-3-4-13-7-12-6-8(13)5-9(11)10(14)15/h6-7,9H,2-5,11H2,1H3,(H,14,15). The van der Waals surface area contributed by atoms with Crippen LogP contribution in [0, 0.1) is 0 Å². The van der Waals surface area contributed by atoms with E-state index >= 15 is 0 Å². The molecule has 0 saturated heterocycles. The largest absolute Gasteiger partial charge is 0.480 e. The van der Waals surface area contributed by atoms with Gasteiger partial charge in [0.1, 0.15) is 6.04 Å². The Morgan fingerprint density at radius 3 is 3.07 bits per heavy atom. The lowest BCUT2D eigenvalue weighted by atomic mass is 10.2. The second-order valence-corrected chi connectivity index (χ2v) is 3.58. The number of aromatic nitrogens is 2. The first-order valence-electron chi connectivity index (χ1n) is 5.12. The lowest BCUT2D eigenvalue weighted by Crippen LogP contribution is -2.33. The molecule has 0 aliphatic heterocycles. The average molecular weight is 211 g/mol. The van der Waals surface area contributed by atoms with Crippen molar-refractivity contribution in [3.63, 3.8) is 0 Å². The number of rotatable bonds is 6. The van der Waals surface area contributed by atoms with Crippen LogP contribution in [0.1, 0.15) is 25.5 Å². The maximum atomic E-state index is 10.6. The summed E-state index contributed by atoms with van der Waals surface area (Å²) in [4.78, 5) is 14.6. The maximum absolute atomic E-state index is 10.6. The molecule has 1 unspecified atom stereocenters. The van der Waals surface area contributed by atoms with E-state index in [9.17, 15) is 4.79 Å². The average Bonchev–Trinajstić information content (AvgIpc) is 2.62. The van der Waals surface area contributed by atoms with Gasteiger partial charge in [-0.2, -0.15) is 0 Å². The molecule has 5 nitrogen and oxygen atoms in total. The number of aliphatic carboxylic acids is 1. The second kappa shape index (κ2) is 5.50. The maximum Gasteiger partial charge on any atom is 0.320 e. The number of carboxylic acids is 1. The zero-order chi connectivity index (χ0) is 11.3. The Bertz CT molecular complexity index is 322. The van der Waals surface area contributed by atoms with Crippen LogP contribution in [0.25, 0.3) is 0 Å². The van der Waals surface area contributed by atoms with Gasteiger partial charge in [0.2, 0.25) is 0 Å². The number of nitrogens with two attached hydrogens (primary N) is 1. The highest BCUT2D eigenvalue weighted by Crippen LogP contribution is 2.05. The molecule has 0 radical (unpaired) electrons. The summed E-state index contributed by atoms with van der Waals surface area (Å²) in [6.07, 6.45) is 5.89. The number of hydrogen-bond acceptors (Lipinski definition) is 3. The zero-order valence-electron chi connectivity index (χ0n) is 8.89. The van der Waals surface area contributed by atoms with Crippen LogP contribution in [-0.2, 0) is 17.8 Å². The van der Waals surface area contributed by atoms with Gasteiger partial charge in [-0.05, 0) is 6.42 Å². The fraction of sp³-hybridized carbons (Fsp3) is 0.600. The van der Waals surface area contributed by atoms with Crippen LogP contribution in [0.15, 0.2) is 12.5 Å². The van der Waals surface area contributed by atoms with E-state index in [0.29, 0.717) is 6.42 Å². The Morgan fingerprint density at radius 1 is 1.73 bits per heavy atom. The third-order valence-electron chi connectivity index (χ3n) is 2.30. The summed E-state index contributed by atoms with van der Waals surface area (Å²) in [5.41, 5.74) is 6.35. The molecule has 0 amide bonds. The predicted octanol–water partition coefficient (Wildman–Crippen LogP) is 0.638. The summed E-state index contributed by atoms with van der Waals surface area (Å²) in [5, 5.41) is 8.69. The number of carbonyl (C=O) groups is 1. The van der Waals surface area contributed by atoms with Crippen molar-refractivity contribution in [2.45, 2.75) is 38.8 Å². The Hall–Kier alpha value is -1.36. The van der Waals surface area contributed by atoms with Crippen molar-refractivity contribution < 1.29 is 9.90 Å². The molecule has 1 aromatic heterocycles. The van der Waals surface area contributed by atoms with E-state index < -0.39 is 12.0 Å². The van der Waals surface area contributed by atoms with Gasteiger partial charge < -0.3 is 15.4 Å². The molecular weight excluding hydrogens is 194 g/mol. The molecule has 1 heterocycles. The Balaban J connectivity index is 2.60. The van der Waals surface area contributed by atoms with Crippen molar-refractivity contribution in [3.8, 4) is 0 Å². The zero-order valence-corrected chi connectivity index (χ0v) is 8.89. The molecule has 0 aliphatic rings. The van der Waals surface area contributed by atoms with E-state index in [0.717, 1.165) is 25.1 Å². The molecule has 0 bridgehead atoms. The van der Waals surface area contributed by atoms with E-state index in [4.69, 9.17) is 10.8 Å². The van der Waals surface area contributed by atoms with Crippen LogP contribution in [-0.4, -0.2) is 26.7 Å². The molecule has 0 fully saturated rings. The van der Waals surface area contributed by atoms with Gasteiger partial charge in [0.25, 0.3) is 0 Å². The third-order valence-corrected chi connectivity index (χ3v) is 2.30. The van der Waals surface area contributed by atoms with Gasteiger partial charge in [-0.25, -0.2) is 4.98 Å². The van der Waals surface area contributed by atoms with Gasteiger partial charge in [0, 0.05) is 24.9 Å². The summed E-state index contributed by atoms with van der Waals surface area (Å²) in [7, 11) is 0. The molecule has 5 heteroatoms. The number of nitrogens with zero attached hydrogens (tertiary/aromatic N) is 2. The lowest BCUT2D eigenvalue weighted by molar-refractivity contribution is -0.138. The highest BCUT2D eigenvalue weighted by molar-refractivity contribution is 5.73. The van der Waals surface area contributed by atoms with E-state index in [-0.39, 0.29) is 0 Å². The van der Waals surface area contributed by atoms with E-state index in [1.54, 1.807) is 12.5 Å². The topological polar surface area (TPSA) is 81.1 Å². The van der Waals surface area contributed by atoms with Gasteiger partial charge in [0.15, 0.2) is 0 Å². The third kappa shape index (κ3) is 3.36. The number of hydrogen-bond donors (Lipinski definition) is 2. The summed E-state index contributed by atoms with van der Waals surface area (Å²) >= 11 is 0. The van der Waals surface area contributed by atoms with Gasteiger partial charge >= 0.3 is 5.97 Å². The Morgan fingerprint density at radius 2 is 2.47 bits per heavy atom. The summed E-state index contributed by atoms with van der Waals surface area (Å²) in [6.45, 7) is 2.98. The van der Waals surface area contributed by atoms with Gasteiger partial charge in [-0.1, -0.05) is 13.3 Å². The first-order valence-corrected chi connectivity index (χ1v) is 5.12. The van der Waals surface area contributed by atoms with Gasteiger partial charge in [-0.15, -0.1) is 0 Å². The highest BCUT2D eigenvalue weighted by atomic mass is 16.4. The molecule has 0 saturated carbocycles. The second-order valence-electron chi connectivity index (χ2n) is 3.58. The molecule has 84 valence electrons. The predicted molar refractivity (Wildman–Crippen MR) is 56.5 cm³/mol. The minimum absolute atomic E-state index is 0.332. The van der Waals surface area contributed by atoms with Crippen molar-refractivity contribution >= 4 is 5.97 Å². The Kier molecular flexibility index (Phi) is 4.30. The number of carboxylic acid groups (broad SMARTS) is 1. The van der Waals surface area contributed by atoms with E-state index in [2.05, 4.69) is 11.9 Å². The fourth-order valence-electron chi connectivity index (χ4n) is 1.36. The summed E-state index contributed by atoms with van der Waals surface area (Å²) in [5.74, 6) is -0.974. The molecule has 1 atom stereocenters. The van der Waals surface area contributed by atoms with Gasteiger partial charge in [0.05, 0.1) is 6.33 Å². The first-order chi connectivity index (χ1) is 7.15. The van der Waals surface area contributed by atoms with Crippen LogP contribution in [0.4, 0.5) is 0 Å². The normalized spacial score (nSPS) is 12.7. The quantitative estimate of drug-likeness (QED) is 0.723. The molecule has 0 spiro atoms. The summed E-state index contributed by atoms with van der Waals surface area (Å²) in [6, 6.07) is -0.845. The smallest absolute Gasteiger partial charge is 0.320 e. The van der Waals surface area contributed by atoms with Crippen LogP contribution >= 0.6 is 0 Å². The molecule has 1 aromatic rings. The molecule has 1 rings (SSSR count). The monoisotopic (exact) mass is 211 g/mol. The van der Waals surface area contributed by atoms with Crippen molar-refractivity contribution in [1.29, 1.82) is 0 Å². The van der Waals surface area contributed by atoms with E-state index in [1.807, 2.05) is 4.57 Å². The SMILES string of the molecule is CCCCn1cncc1CC(N)C(=O)O. The number of imidazole rings is 1. The van der Waals surface area contributed by atoms with Crippen LogP contribution in [0.5, 0.6) is 0 Å². The number of aryl methyl sites for hydroxylation is 1.